The SMILES string of the molecule is Cc1ccccc1C(C(=O)NC1CCCCC1)N(Cc1ccccc1)C(=O)Cc1cccs1. The summed E-state index contributed by atoms with van der Waals surface area (Å²) in [6, 6.07) is 21.3. The Bertz CT molecular complexity index is 1040. The van der Waals surface area contributed by atoms with Gasteiger partial charge in [0.05, 0.1) is 6.42 Å². The topological polar surface area (TPSA) is 49.4 Å². The average Bonchev–Trinajstić information content (AvgIpc) is 3.34. The lowest BCUT2D eigenvalue weighted by molar-refractivity contribution is -0.141. The molecule has 5 heteroatoms. The van der Waals surface area contributed by atoms with Crippen LogP contribution in [0.5, 0.6) is 0 Å². The molecule has 0 radical (unpaired) electrons. The van der Waals surface area contributed by atoms with Crippen LogP contribution in [0, 0.1) is 6.92 Å². The van der Waals surface area contributed by atoms with Gasteiger partial charge in [-0.1, -0.05) is 79.9 Å². The quantitative estimate of drug-likeness (QED) is 0.461. The number of rotatable bonds is 8. The molecule has 0 spiro atoms. The fourth-order valence-electron chi connectivity index (χ4n) is 4.64. The maximum Gasteiger partial charge on any atom is 0.247 e. The Morgan fingerprint density at radius 1 is 0.970 bits per heavy atom. The monoisotopic (exact) mass is 460 g/mol. The molecule has 2 amide bonds. The molecule has 0 aliphatic heterocycles. The Balaban J connectivity index is 1.69. The lowest BCUT2D eigenvalue weighted by Gasteiger charge is -2.34. The van der Waals surface area contributed by atoms with Gasteiger partial charge < -0.3 is 10.2 Å². The van der Waals surface area contributed by atoms with Gasteiger partial charge in [0, 0.05) is 17.5 Å². The maximum atomic E-state index is 13.8. The highest BCUT2D eigenvalue weighted by atomic mass is 32.1. The minimum atomic E-state index is -0.666. The molecule has 172 valence electrons. The minimum absolute atomic E-state index is 0.0339. The van der Waals surface area contributed by atoms with Gasteiger partial charge in [-0.15, -0.1) is 11.3 Å². The normalized spacial score (nSPS) is 15.1. The van der Waals surface area contributed by atoms with Gasteiger partial charge in [0.1, 0.15) is 6.04 Å². The van der Waals surface area contributed by atoms with Crippen LogP contribution in [0.15, 0.2) is 72.1 Å². The largest absolute Gasteiger partial charge is 0.351 e. The molecule has 4 rings (SSSR count). The lowest BCUT2D eigenvalue weighted by Crippen LogP contribution is -2.47. The Kier molecular flexibility index (Phi) is 7.95. The number of carbonyl (C=O) groups is 2. The Morgan fingerprint density at radius 2 is 1.70 bits per heavy atom. The predicted octanol–water partition coefficient (Wildman–Crippen LogP) is 5.82. The molecule has 1 fully saturated rings. The molecule has 1 atom stereocenters. The number of amides is 2. The molecular weight excluding hydrogens is 428 g/mol. The van der Waals surface area contributed by atoms with Crippen LogP contribution in [0.2, 0.25) is 0 Å². The minimum Gasteiger partial charge on any atom is -0.351 e. The van der Waals surface area contributed by atoms with Crippen molar-refractivity contribution in [2.45, 2.75) is 64.1 Å². The molecule has 1 aromatic heterocycles. The molecule has 0 saturated heterocycles. The number of carbonyl (C=O) groups excluding carboxylic acids is 2. The summed E-state index contributed by atoms with van der Waals surface area (Å²) in [6.45, 7) is 2.41. The van der Waals surface area contributed by atoms with Gasteiger partial charge in [-0.2, -0.15) is 0 Å². The number of aryl methyl sites for hydroxylation is 1. The summed E-state index contributed by atoms with van der Waals surface area (Å²) in [6.07, 6.45) is 5.83. The summed E-state index contributed by atoms with van der Waals surface area (Å²) in [7, 11) is 0. The van der Waals surface area contributed by atoms with Gasteiger partial charge in [0.15, 0.2) is 0 Å². The zero-order valence-electron chi connectivity index (χ0n) is 19.2. The van der Waals surface area contributed by atoms with Crippen LogP contribution in [0.4, 0.5) is 0 Å². The van der Waals surface area contributed by atoms with E-state index >= 15 is 0 Å². The van der Waals surface area contributed by atoms with Gasteiger partial charge in [-0.05, 0) is 47.9 Å². The zero-order valence-corrected chi connectivity index (χ0v) is 20.0. The number of nitrogens with zero attached hydrogens (tertiary/aromatic N) is 1. The van der Waals surface area contributed by atoms with Crippen molar-refractivity contribution < 1.29 is 9.59 Å². The van der Waals surface area contributed by atoms with Crippen molar-refractivity contribution in [1.29, 1.82) is 0 Å². The maximum absolute atomic E-state index is 13.8. The van der Waals surface area contributed by atoms with Gasteiger partial charge >= 0.3 is 0 Å². The highest BCUT2D eigenvalue weighted by molar-refractivity contribution is 7.10. The summed E-state index contributed by atoms with van der Waals surface area (Å²) < 4.78 is 0. The van der Waals surface area contributed by atoms with E-state index in [2.05, 4.69) is 5.32 Å². The Labute approximate surface area is 200 Å². The van der Waals surface area contributed by atoms with E-state index in [9.17, 15) is 9.59 Å². The van der Waals surface area contributed by atoms with Crippen molar-refractivity contribution in [2.24, 2.45) is 0 Å². The second-order valence-electron chi connectivity index (χ2n) is 8.87. The fourth-order valence-corrected chi connectivity index (χ4v) is 5.33. The summed E-state index contributed by atoms with van der Waals surface area (Å²) in [5, 5.41) is 5.28. The lowest BCUT2D eigenvalue weighted by atomic mass is 9.93. The third kappa shape index (κ3) is 6.11. The molecule has 4 nitrogen and oxygen atoms in total. The smallest absolute Gasteiger partial charge is 0.247 e. The second kappa shape index (κ2) is 11.3. The highest BCUT2D eigenvalue weighted by Gasteiger charge is 2.33. The number of thiophene rings is 1. The van der Waals surface area contributed by atoms with Crippen molar-refractivity contribution in [1.82, 2.24) is 10.2 Å². The number of hydrogen-bond donors (Lipinski definition) is 1. The van der Waals surface area contributed by atoms with E-state index in [0.717, 1.165) is 47.3 Å². The highest BCUT2D eigenvalue weighted by Crippen LogP contribution is 2.29. The van der Waals surface area contributed by atoms with E-state index in [1.54, 1.807) is 16.2 Å². The summed E-state index contributed by atoms with van der Waals surface area (Å²) in [5.74, 6) is -0.111. The second-order valence-corrected chi connectivity index (χ2v) is 9.90. The molecule has 3 aromatic rings. The van der Waals surface area contributed by atoms with Gasteiger partial charge in [0.2, 0.25) is 11.8 Å². The summed E-state index contributed by atoms with van der Waals surface area (Å²) >= 11 is 1.57. The third-order valence-electron chi connectivity index (χ3n) is 6.42. The first kappa shape index (κ1) is 23.2. The number of hydrogen-bond acceptors (Lipinski definition) is 3. The Hall–Kier alpha value is -2.92. The van der Waals surface area contributed by atoms with Crippen LogP contribution in [0.25, 0.3) is 0 Å². The molecule has 1 unspecified atom stereocenters. The van der Waals surface area contributed by atoms with Crippen molar-refractivity contribution in [2.75, 3.05) is 0 Å². The first-order valence-electron chi connectivity index (χ1n) is 11.8. The molecule has 1 saturated carbocycles. The van der Waals surface area contributed by atoms with Crippen molar-refractivity contribution in [3.05, 3.63) is 93.7 Å². The number of benzene rings is 2. The molecule has 33 heavy (non-hydrogen) atoms. The van der Waals surface area contributed by atoms with E-state index in [1.165, 1.54) is 6.42 Å². The third-order valence-corrected chi connectivity index (χ3v) is 7.29. The van der Waals surface area contributed by atoms with Crippen LogP contribution in [0.3, 0.4) is 0 Å². The van der Waals surface area contributed by atoms with E-state index < -0.39 is 6.04 Å². The first-order valence-corrected chi connectivity index (χ1v) is 12.7. The predicted molar refractivity (Wildman–Crippen MR) is 134 cm³/mol. The molecule has 1 N–H and O–H groups in total. The van der Waals surface area contributed by atoms with Crippen LogP contribution in [0.1, 0.15) is 59.7 Å². The van der Waals surface area contributed by atoms with E-state index in [-0.39, 0.29) is 17.9 Å². The molecular formula is C28H32N2O2S. The fraction of sp³-hybridized carbons (Fsp3) is 0.357. The van der Waals surface area contributed by atoms with Crippen LogP contribution in [-0.2, 0) is 22.6 Å². The average molecular weight is 461 g/mol. The van der Waals surface area contributed by atoms with Gasteiger partial charge in [0.25, 0.3) is 0 Å². The number of nitrogens with one attached hydrogen (secondary N) is 1. The molecule has 2 aromatic carbocycles. The van der Waals surface area contributed by atoms with Crippen LogP contribution in [-0.4, -0.2) is 22.8 Å². The van der Waals surface area contributed by atoms with Crippen molar-refractivity contribution in [3.63, 3.8) is 0 Å². The van der Waals surface area contributed by atoms with E-state index in [1.807, 2.05) is 79.0 Å². The van der Waals surface area contributed by atoms with Crippen LogP contribution >= 0.6 is 11.3 Å². The van der Waals surface area contributed by atoms with E-state index in [4.69, 9.17) is 0 Å². The summed E-state index contributed by atoms with van der Waals surface area (Å²) in [4.78, 5) is 30.3. The standard InChI is InChI=1S/C28H32N2O2S/c1-21-11-8-9-17-25(21)27(28(32)29-23-14-6-3-7-15-23)30(20-22-12-4-2-5-13-22)26(31)19-24-16-10-18-33-24/h2,4-5,8-13,16-18,23,27H,3,6-7,14-15,19-20H2,1H3,(H,29,32). The molecule has 0 bridgehead atoms. The first-order chi connectivity index (χ1) is 16.1. The van der Waals surface area contributed by atoms with Crippen molar-refractivity contribution >= 4 is 23.2 Å². The van der Waals surface area contributed by atoms with E-state index in [0.29, 0.717) is 13.0 Å². The van der Waals surface area contributed by atoms with Gasteiger partial charge in [-0.25, -0.2) is 0 Å². The molecule has 1 heterocycles. The summed E-state index contributed by atoms with van der Waals surface area (Å²) in [5.41, 5.74) is 2.92. The molecule has 1 aliphatic carbocycles. The Morgan fingerprint density at radius 3 is 2.39 bits per heavy atom. The van der Waals surface area contributed by atoms with Crippen LogP contribution < -0.4 is 5.32 Å². The molecule has 1 aliphatic rings. The zero-order chi connectivity index (χ0) is 23.0. The van der Waals surface area contributed by atoms with Crippen molar-refractivity contribution in [3.8, 4) is 0 Å². The van der Waals surface area contributed by atoms with Gasteiger partial charge in [-0.3, -0.25) is 9.59 Å².